The smallest absolute Gasteiger partial charge is 0.508 e. The molecule has 1 unspecified atom stereocenters. The number of phenolic OH excluding ortho intramolecular Hbond substituents is 1. The van der Waals surface area contributed by atoms with Gasteiger partial charge in [-0.15, -0.1) is 13.2 Å². The number of rotatable bonds is 5. The van der Waals surface area contributed by atoms with Crippen molar-refractivity contribution in [2.45, 2.75) is 45.2 Å². The van der Waals surface area contributed by atoms with E-state index in [2.05, 4.69) is 10.1 Å². The van der Waals surface area contributed by atoms with E-state index in [1.165, 1.54) is 0 Å². The molecule has 0 saturated heterocycles. The summed E-state index contributed by atoms with van der Waals surface area (Å²) in [4.78, 5) is 22.9. The molecule has 1 atom stereocenters. The number of carbonyl (C=O) groups excluding carboxylic acids is 1. The number of benzene rings is 1. The highest BCUT2D eigenvalue weighted by Gasteiger charge is 2.32. The van der Waals surface area contributed by atoms with Gasteiger partial charge in [0.15, 0.2) is 0 Å². The predicted molar refractivity (Wildman–Crippen MR) is 79.3 cm³/mol. The quantitative estimate of drug-likeness (QED) is 0.741. The highest BCUT2D eigenvalue weighted by molar-refractivity contribution is 5.80. The number of ether oxygens (including phenoxy) is 2. The van der Waals surface area contributed by atoms with Gasteiger partial charge >= 0.3 is 18.4 Å². The first-order valence-electron chi connectivity index (χ1n) is 7.07. The van der Waals surface area contributed by atoms with Crippen molar-refractivity contribution in [3.63, 3.8) is 0 Å². The summed E-state index contributed by atoms with van der Waals surface area (Å²) in [5.41, 5.74) is -1.01. The largest absolute Gasteiger partial charge is 0.573 e. The number of carboxylic acid groups (broad SMARTS) is 1. The van der Waals surface area contributed by atoms with Gasteiger partial charge in [0.2, 0.25) is 0 Å². The third-order valence-corrected chi connectivity index (χ3v) is 2.70. The molecule has 0 aliphatic carbocycles. The Labute approximate surface area is 141 Å². The Kier molecular flexibility index (Phi) is 6.11. The van der Waals surface area contributed by atoms with Crippen LogP contribution in [0.2, 0.25) is 0 Å². The summed E-state index contributed by atoms with van der Waals surface area (Å²) >= 11 is 0. The first-order chi connectivity index (χ1) is 11.3. The molecular formula is C15H18F3NO6. The molecule has 0 spiro atoms. The second kappa shape index (κ2) is 7.49. The lowest BCUT2D eigenvalue weighted by atomic mass is 10.0. The van der Waals surface area contributed by atoms with Gasteiger partial charge in [0.25, 0.3) is 0 Å². The zero-order valence-corrected chi connectivity index (χ0v) is 13.7. The number of aromatic hydroxyl groups is 1. The van der Waals surface area contributed by atoms with E-state index in [0.717, 1.165) is 18.2 Å². The monoisotopic (exact) mass is 365 g/mol. The first-order valence-corrected chi connectivity index (χ1v) is 7.07. The summed E-state index contributed by atoms with van der Waals surface area (Å²) in [6.45, 7) is 4.73. The van der Waals surface area contributed by atoms with Gasteiger partial charge in [-0.3, -0.25) is 0 Å². The molecule has 0 aliphatic heterocycles. The van der Waals surface area contributed by atoms with Crippen molar-refractivity contribution in [2.24, 2.45) is 0 Å². The average molecular weight is 365 g/mol. The molecule has 1 aromatic carbocycles. The van der Waals surface area contributed by atoms with E-state index < -0.39 is 48.0 Å². The molecule has 0 heterocycles. The van der Waals surface area contributed by atoms with Crippen LogP contribution >= 0.6 is 0 Å². The molecular weight excluding hydrogens is 347 g/mol. The molecule has 0 fully saturated rings. The third-order valence-electron chi connectivity index (χ3n) is 2.70. The van der Waals surface area contributed by atoms with Crippen LogP contribution in [0.4, 0.5) is 18.0 Å². The Balaban J connectivity index is 2.93. The minimum atomic E-state index is -4.94. The maximum Gasteiger partial charge on any atom is 0.573 e. The molecule has 10 heteroatoms. The number of nitrogens with one attached hydrogen (secondary N) is 1. The van der Waals surface area contributed by atoms with Crippen LogP contribution in [0, 0.1) is 0 Å². The van der Waals surface area contributed by atoms with E-state index >= 15 is 0 Å². The number of hydrogen-bond donors (Lipinski definition) is 3. The normalized spacial score (nSPS) is 13.0. The fourth-order valence-electron chi connectivity index (χ4n) is 1.79. The predicted octanol–water partition coefficient (Wildman–Crippen LogP) is 2.81. The fourth-order valence-corrected chi connectivity index (χ4v) is 1.79. The molecule has 7 nitrogen and oxygen atoms in total. The molecule has 1 aromatic rings. The van der Waals surface area contributed by atoms with Crippen molar-refractivity contribution < 1.29 is 42.4 Å². The zero-order valence-electron chi connectivity index (χ0n) is 13.7. The van der Waals surface area contributed by atoms with E-state index in [0.29, 0.717) is 0 Å². The molecule has 140 valence electrons. The van der Waals surface area contributed by atoms with E-state index in [1.54, 1.807) is 20.8 Å². The van der Waals surface area contributed by atoms with Gasteiger partial charge in [-0.05, 0) is 39.0 Å². The van der Waals surface area contributed by atoms with Crippen molar-refractivity contribution in [2.75, 3.05) is 0 Å². The minimum Gasteiger partial charge on any atom is -0.508 e. The fraction of sp³-hybridized carbons (Fsp3) is 0.467. The number of phenols is 1. The Morgan fingerprint density at radius 3 is 2.32 bits per heavy atom. The molecule has 0 aromatic heterocycles. The number of alkyl halides is 3. The number of halogens is 3. The van der Waals surface area contributed by atoms with Gasteiger partial charge < -0.3 is 25.0 Å². The standard InChI is InChI=1S/C15H18F3NO6/c1-14(2,3)25-13(23)19-10(12(21)22)7-8-6-9(4-5-11(8)20)24-15(16,17)18/h4-6,10,20H,7H2,1-3H3,(H,19,23)(H,21,22). The summed E-state index contributed by atoms with van der Waals surface area (Å²) in [7, 11) is 0. The number of carbonyl (C=O) groups is 2. The number of carboxylic acids is 1. The van der Waals surface area contributed by atoms with Crippen molar-refractivity contribution in [1.29, 1.82) is 0 Å². The molecule has 0 radical (unpaired) electrons. The van der Waals surface area contributed by atoms with Crippen LogP contribution in [0.1, 0.15) is 26.3 Å². The maximum atomic E-state index is 12.2. The summed E-state index contributed by atoms with van der Waals surface area (Å²) < 4.78 is 45.4. The highest BCUT2D eigenvalue weighted by atomic mass is 19.4. The Bertz CT molecular complexity index is 639. The maximum absolute atomic E-state index is 12.2. The van der Waals surface area contributed by atoms with Crippen LogP contribution in [-0.4, -0.2) is 40.3 Å². The average Bonchev–Trinajstić information content (AvgIpc) is 2.37. The second-order valence-electron chi connectivity index (χ2n) is 6.08. The Morgan fingerprint density at radius 1 is 1.24 bits per heavy atom. The molecule has 25 heavy (non-hydrogen) atoms. The second-order valence-corrected chi connectivity index (χ2v) is 6.08. The molecule has 0 bridgehead atoms. The van der Waals surface area contributed by atoms with E-state index in [4.69, 9.17) is 9.84 Å². The molecule has 3 N–H and O–H groups in total. The van der Waals surface area contributed by atoms with Crippen LogP contribution < -0.4 is 10.1 Å². The lowest BCUT2D eigenvalue weighted by Gasteiger charge is -2.22. The SMILES string of the molecule is CC(C)(C)OC(=O)NC(Cc1cc(OC(F)(F)F)ccc1O)C(=O)O. The number of alkyl carbamates (subject to hydrolysis) is 1. The van der Waals surface area contributed by atoms with Gasteiger partial charge in [-0.1, -0.05) is 0 Å². The Hall–Kier alpha value is -2.65. The highest BCUT2D eigenvalue weighted by Crippen LogP contribution is 2.28. The summed E-state index contributed by atoms with van der Waals surface area (Å²) in [5, 5.41) is 21.0. The van der Waals surface area contributed by atoms with Crippen molar-refractivity contribution in [3.05, 3.63) is 23.8 Å². The molecule has 0 saturated carbocycles. The summed E-state index contributed by atoms with van der Waals surface area (Å²) in [6.07, 6.45) is -6.42. The van der Waals surface area contributed by atoms with E-state index in [1.807, 2.05) is 0 Å². The molecule has 1 rings (SSSR count). The van der Waals surface area contributed by atoms with Gasteiger partial charge in [0.1, 0.15) is 23.1 Å². The van der Waals surface area contributed by atoms with E-state index in [9.17, 15) is 27.9 Å². The minimum absolute atomic E-state index is 0.148. The number of aliphatic carboxylic acids is 1. The van der Waals surface area contributed by atoms with Gasteiger partial charge in [0, 0.05) is 12.0 Å². The zero-order chi connectivity index (χ0) is 19.4. The summed E-state index contributed by atoms with van der Waals surface area (Å²) in [5.74, 6) is -2.51. The number of amides is 1. The van der Waals surface area contributed by atoms with Crippen molar-refractivity contribution in [3.8, 4) is 11.5 Å². The summed E-state index contributed by atoms with van der Waals surface area (Å²) in [6, 6.07) is 1.13. The van der Waals surface area contributed by atoms with Crippen LogP contribution in [0.5, 0.6) is 11.5 Å². The topological polar surface area (TPSA) is 105 Å². The Morgan fingerprint density at radius 2 is 1.84 bits per heavy atom. The first kappa shape index (κ1) is 20.4. The van der Waals surface area contributed by atoms with Crippen molar-refractivity contribution in [1.82, 2.24) is 5.32 Å². The van der Waals surface area contributed by atoms with Gasteiger partial charge in [0.05, 0.1) is 0 Å². The van der Waals surface area contributed by atoms with Crippen LogP contribution in [0.3, 0.4) is 0 Å². The van der Waals surface area contributed by atoms with Crippen LogP contribution in [0.25, 0.3) is 0 Å². The third kappa shape index (κ3) is 7.64. The van der Waals surface area contributed by atoms with Gasteiger partial charge in [-0.2, -0.15) is 0 Å². The van der Waals surface area contributed by atoms with Crippen LogP contribution in [-0.2, 0) is 16.0 Å². The lowest BCUT2D eigenvalue weighted by molar-refractivity contribution is -0.274. The van der Waals surface area contributed by atoms with Crippen molar-refractivity contribution >= 4 is 12.1 Å². The number of hydrogen-bond acceptors (Lipinski definition) is 5. The molecule has 0 aliphatic rings. The lowest BCUT2D eigenvalue weighted by Crippen LogP contribution is -2.44. The van der Waals surface area contributed by atoms with Crippen LogP contribution in [0.15, 0.2) is 18.2 Å². The molecule has 1 amide bonds. The van der Waals surface area contributed by atoms with E-state index in [-0.39, 0.29) is 5.56 Å². The van der Waals surface area contributed by atoms with Gasteiger partial charge in [-0.25, -0.2) is 9.59 Å².